The first-order chi connectivity index (χ1) is 11.9. The van der Waals surface area contributed by atoms with E-state index in [1.807, 2.05) is 6.08 Å². The van der Waals surface area contributed by atoms with E-state index in [-0.39, 0.29) is 0 Å². The fourth-order valence-electron chi connectivity index (χ4n) is 7.94. The molecule has 2 nitrogen and oxygen atoms in total. The summed E-state index contributed by atoms with van der Waals surface area (Å²) in [5, 5.41) is 0. The van der Waals surface area contributed by atoms with Crippen molar-refractivity contribution in [2.45, 2.75) is 90.1 Å². The van der Waals surface area contributed by atoms with E-state index in [0.29, 0.717) is 16.6 Å². The Balaban J connectivity index is 1.43. The number of fused-ring (bicyclic) bond motifs is 5. The number of hydrogen-bond acceptors (Lipinski definition) is 2. The predicted octanol–water partition coefficient (Wildman–Crippen LogP) is 4.98. The topological polar surface area (TPSA) is 20.3 Å². The molecule has 4 fully saturated rings. The molecule has 138 valence electrons. The molecule has 0 aromatic heterocycles. The Bertz CT molecular complexity index is 620. The average molecular weight is 342 g/mol. The zero-order chi connectivity index (χ0) is 17.4. The first kappa shape index (κ1) is 16.5. The van der Waals surface area contributed by atoms with Gasteiger partial charge in [-0.25, -0.2) is 0 Å². The largest absolute Gasteiger partial charge is 0.300 e. The third-order valence-corrected chi connectivity index (χ3v) is 9.53. The van der Waals surface area contributed by atoms with Crippen LogP contribution in [0.15, 0.2) is 11.6 Å². The second-order valence-electron chi connectivity index (χ2n) is 10.5. The maximum absolute atomic E-state index is 12.0. The van der Waals surface area contributed by atoms with Gasteiger partial charge in [0.05, 0.1) is 0 Å². The van der Waals surface area contributed by atoms with E-state index in [4.69, 9.17) is 0 Å². The molecule has 5 aliphatic rings. The van der Waals surface area contributed by atoms with Crippen molar-refractivity contribution in [2.75, 3.05) is 7.05 Å². The molecule has 6 atom stereocenters. The number of carbonyl (C=O) groups excluding carboxylic acids is 1. The van der Waals surface area contributed by atoms with Gasteiger partial charge in [0.2, 0.25) is 0 Å². The van der Waals surface area contributed by atoms with E-state index in [9.17, 15) is 4.79 Å². The summed E-state index contributed by atoms with van der Waals surface area (Å²) in [6, 6.07) is 1.71. The van der Waals surface area contributed by atoms with Crippen molar-refractivity contribution >= 4 is 5.78 Å². The van der Waals surface area contributed by atoms with E-state index in [0.717, 1.165) is 42.7 Å². The minimum absolute atomic E-state index is 0.332. The smallest absolute Gasteiger partial charge is 0.155 e. The van der Waals surface area contributed by atoms with Gasteiger partial charge in [-0.2, -0.15) is 0 Å². The minimum atomic E-state index is 0.332. The molecule has 0 bridgehead atoms. The highest BCUT2D eigenvalue weighted by Crippen LogP contribution is 2.66. The van der Waals surface area contributed by atoms with Crippen LogP contribution in [0, 0.1) is 28.6 Å². The van der Waals surface area contributed by atoms with Crippen LogP contribution >= 0.6 is 0 Å². The summed E-state index contributed by atoms with van der Waals surface area (Å²) in [5.74, 6) is 3.06. The Hall–Kier alpha value is -0.630. The minimum Gasteiger partial charge on any atom is -0.300 e. The van der Waals surface area contributed by atoms with Gasteiger partial charge in [-0.3, -0.25) is 9.69 Å². The maximum Gasteiger partial charge on any atom is 0.155 e. The van der Waals surface area contributed by atoms with Crippen molar-refractivity contribution < 1.29 is 4.79 Å². The molecule has 2 heteroatoms. The molecule has 0 heterocycles. The molecule has 0 aliphatic heterocycles. The lowest BCUT2D eigenvalue weighted by atomic mass is 9.47. The van der Waals surface area contributed by atoms with Crippen LogP contribution in [-0.4, -0.2) is 29.8 Å². The first-order valence-corrected chi connectivity index (χ1v) is 10.9. The summed E-state index contributed by atoms with van der Waals surface area (Å²) >= 11 is 0. The van der Waals surface area contributed by atoms with Crippen LogP contribution in [0.4, 0.5) is 0 Å². The van der Waals surface area contributed by atoms with Gasteiger partial charge < -0.3 is 0 Å². The quantitative estimate of drug-likeness (QED) is 0.706. The number of ketones is 1. The molecule has 0 amide bonds. The van der Waals surface area contributed by atoms with E-state index in [1.165, 1.54) is 56.9 Å². The number of hydrogen-bond donors (Lipinski definition) is 0. The van der Waals surface area contributed by atoms with Gasteiger partial charge in [0.25, 0.3) is 0 Å². The molecule has 5 aliphatic carbocycles. The highest BCUT2D eigenvalue weighted by atomic mass is 16.1. The second-order valence-corrected chi connectivity index (χ2v) is 10.5. The summed E-state index contributed by atoms with van der Waals surface area (Å²) in [6.45, 7) is 5.15. The molecule has 0 spiro atoms. The summed E-state index contributed by atoms with van der Waals surface area (Å²) in [7, 11) is 2.41. The lowest BCUT2D eigenvalue weighted by Gasteiger charge is -2.58. The van der Waals surface area contributed by atoms with Gasteiger partial charge in [-0.15, -0.1) is 0 Å². The maximum atomic E-state index is 12.0. The third-order valence-electron chi connectivity index (χ3n) is 9.53. The molecule has 4 saturated carbocycles. The van der Waals surface area contributed by atoms with Crippen LogP contribution in [-0.2, 0) is 4.79 Å². The SMILES string of the molecule is CN(C1CC1)C1CC[C@H]2[C@@H]3CCC4=CC(=O)CC[C@]4(C)[C@@H]3CC[C@]12C. The van der Waals surface area contributed by atoms with E-state index < -0.39 is 0 Å². The van der Waals surface area contributed by atoms with Crippen LogP contribution < -0.4 is 0 Å². The van der Waals surface area contributed by atoms with Crippen molar-refractivity contribution in [3.05, 3.63) is 11.6 Å². The molecule has 25 heavy (non-hydrogen) atoms. The average Bonchev–Trinajstić information content (AvgIpc) is 3.37. The summed E-state index contributed by atoms with van der Waals surface area (Å²) in [5.41, 5.74) is 2.39. The Morgan fingerprint density at radius 1 is 0.960 bits per heavy atom. The summed E-state index contributed by atoms with van der Waals surface area (Å²) in [6.07, 6.45) is 15.0. The zero-order valence-electron chi connectivity index (χ0n) is 16.4. The number of rotatable bonds is 2. The lowest BCUT2D eigenvalue weighted by Crippen LogP contribution is -2.53. The number of carbonyl (C=O) groups is 1. The van der Waals surface area contributed by atoms with E-state index in [1.54, 1.807) is 0 Å². The Labute approximate surface area is 153 Å². The van der Waals surface area contributed by atoms with Crippen molar-refractivity contribution in [3.63, 3.8) is 0 Å². The Kier molecular flexibility index (Phi) is 3.60. The fraction of sp³-hybridized carbons (Fsp3) is 0.870. The zero-order valence-corrected chi connectivity index (χ0v) is 16.4. The van der Waals surface area contributed by atoms with Crippen LogP contribution in [0.2, 0.25) is 0 Å². The van der Waals surface area contributed by atoms with Crippen molar-refractivity contribution in [1.82, 2.24) is 4.90 Å². The third kappa shape index (κ3) is 2.28. The molecule has 0 aromatic rings. The van der Waals surface area contributed by atoms with Crippen molar-refractivity contribution in [2.24, 2.45) is 28.6 Å². The Morgan fingerprint density at radius 2 is 1.76 bits per heavy atom. The van der Waals surface area contributed by atoms with Crippen LogP contribution in [0.25, 0.3) is 0 Å². The van der Waals surface area contributed by atoms with E-state index in [2.05, 4.69) is 25.8 Å². The van der Waals surface area contributed by atoms with Gasteiger partial charge in [0.15, 0.2) is 5.78 Å². The van der Waals surface area contributed by atoms with E-state index >= 15 is 0 Å². The normalized spacial score (nSPS) is 49.4. The Morgan fingerprint density at radius 3 is 2.52 bits per heavy atom. The monoisotopic (exact) mass is 341 g/mol. The molecular weight excluding hydrogens is 306 g/mol. The predicted molar refractivity (Wildman–Crippen MR) is 101 cm³/mol. The fourth-order valence-corrected chi connectivity index (χ4v) is 7.94. The molecule has 0 saturated heterocycles. The molecule has 0 N–H and O–H groups in total. The second kappa shape index (κ2) is 5.44. The summed E-state index contributed by atoms with van der Waals surface area (Å²) < 4.78 is 0. The van der Waals surface area contributed by atoms with Crippen molar-refractivity contribution in [1.29, 1.82) is 0 Å². The van der Waals surface area contributed by atoms with Crippen LogP contribution in [0.3, 0.4) is 0 Å². The van der Waals surface area contributed by atoms with Crippen molar-refractivity contribution in [3.8, 4) is 0 Å². The molecule has 5 rings (SSSR count). The lowest BCUT2D eigenvalue weighted by molar-refractivity contribution is -0.117. The molecular formula is C23H35NO. The molecule has 1 unspecified atom stereocenters. The number of nitrogens with zero attached hydrogens (tertiary/aromatic N) is 1. The van der Waals surface area contributed by atoms with Gasteiger partial charge in [0, 0.05) is 18.5 Å². The highest BCUT2D eigenvalue weighted by molar-refractivity contribution is 5.91. The summed E-state index contributed by atoms with van der Waals surface area (Å²) in [4.78, 5) is 14.7. The highest BCUT2D eigenvalue weighted by Gasteiger charge is 2.60. The first-order valence-electron chi connectivity index (χ1n) is 10.9. The van der Waals surface area contributed by atoms with Gasteiger partial charge in [-0.1, -0.05) is 19.4 Å². The number of allylic oxidation sites excluding steroid dienone is 1. The van der Waals surface area contributed by atoms with Crippen LogP contribution in [0.1, 0.15) is 78.1 Å². The molecule has 0 aromatic carbocycles. The van der Waals surface area contributed by atoms with Gasteiger partial charge in [-0.05, 0) is 99.5 Å². The van der Waals surface area contributed by atoms with Gasteiger partial charge in [0.1, 0.15) is 0 Å². The standard InChI is InChI=1S/C23H35NO/c1-22-12-10-17(25)14-15(22)4-7-18-19-8-9-21(24(3)16-5-6-16)23(19,2)13-11-20(18)22/h14,16,18-21H,4-13H2,1-3H3/t18-,19-,20+,21?,22-,23-/m0/s1. The molecule has 0 radical (unpaired) electrons. The van der Waals surface area contributed by atoms with Crippen LogP contribution in [0.5, 0.6) is 0 Å². The van der Waals surface area contributed by atoms with Gasteiger partial charge >= 0.3 is 0 Å².